The summed E-state index contributed by atoms with van der Waals surface area (Å²) in [5, 5.41) is 6.95. The van der Waals surface area contributed by atoms with E-state index in [1.54, 1.807) is 0 Å². The number of pyridine rings is 1. The van der Waals surface area contributed by atoms with Crippen molar-refractivity contribution in [3.63, 3.8) is 0 Å². The summed E-state index contributed by atoms with van der Waals surface area (Å²) in [6.07, 6.45) is 9.79. The fraction of sp³-hybridized carbons (Fsp3) is 0.700. The third-order valence-electron chi connectivity index (χ3n) is 5.80. The number of halogens is 1. The molecule has 146 valence electrons. The Morgan fingerprint density at radius 1 is 1.19 bits per heavy atom. The number of aliphatic imine (C=N–C) groups is 1. The lowest BCUT2D eigenvalue weighted by Gasteiger charge is -2.41. The highest BCUT2D eigenvalue weighted by atomic mass is 127. The Labute approximate surface area is 175 Å². The first kappa shape index (κ1) is 21.3. The zero-order valence-corrected chi connectivity index (χ0v) is 18.6. The smallest absolute Gasteiger partial charge is 0.191 e. The summed E-state index contributed by atoms with van der Waals surface area (Å²) in [6.45, 7) is 9.30. The SMILES string of the molecule is CCNC(=NCc1ccnc(N2CCCC2)c1)NCC1(CC)CCC1.I. The van der Waals surface area contributed by atoms with Crippen molar-refractivity contribution in [3.8, 4) is 0 Å². The summed E-state index contributed by atoms with van der Waals surface area (Å²) in [6, 6.07) is 4.27. The van der Waals surface area contributed by atoms with Crippen molar-refractivity contribution in [2.75, 3.05) is 31.1 Å². The molecule has 2 heterocycles. The average molecular weight is 471 g/mol. The van der Waals surface area contributed by atoms with Gasteiger partial charge < -0.3 is 15.5 Å². The molecule has 1 aliphatic heterocycles. The standard InChI is InChI=1S/C20H33N5.HI/c1-3-20(9-7-10-20)16-24-19(21-4-2)23-15-17-8-11-22-18(14-17)25-12-5-6-13-25;/h8,11,14H,3-7,9-10,12-13,15-16H2,1-2H3,(H2,21,23,24);1H. The van der Waals surface area contributed by atoms with Gasteiger partial charge >= 0.3 is 0 Å². The van der Waals surface area contributed by atoms with Gasteiger partial charge in [-0.1, -0.05) is 13.3 Å². The van der Waals surface area contributed by atoms with Crippen LogP contribution in [0.4, 0.5) is 5.82 Å². The van der Waals surface area contributed by atoms with Crippen LogP contribution >= 0.6 is 24.0 Å². The summed E-state index contributed by atoms with van der Waals surface area (Å²) in [4.78, 5) is 11.7. The van der Waals surface area contributed by atoms with Crippen molar-refractivity contribution >= 4 is 35.8 Å². The predicted molar refractivity (Wildman–Crippen MR) is 120 cm³/mol. The molecule has 1 aromatic heterocycles. The number of guanidine groups is 1. The molecule has 0 atom stereocenters. The number of nitrogens with one attached hydrogen (secondary N) is 2. The lowest BCUT2D eigenvalue weighted by molar-refractivity contribution is 0.131. The van der Waals surface area contributed by atoms with Crippen LogP contribution in [0, 0.1) is 5.41 Å². The van der Waals surface area contributed by atoms with Crippen molar-refractivity contribution < 1.29 is 0 Å². The van der Waals surface area contributed by atoms with Gasteiger partial charge in [-0.3, -0.25) is 0 Å². The molecule has 2 N–H and O–H groups in total. The van der Waals surface area contributed by atoms with E-state index in [1.807, 2.05) is 6.20 Å². The molecule has 1 saturated carbocycles. The van der Waals surface area contributed by atoms with E-state index in [9.17, 15) is 0 Å². The second-order valence-electron chi connectivity index (χ2n) is 7.47. The number of hydrogen-bond donors (Lipinski definition) is 2. The second-order valence-corrected chi connectivity index (χ2v) is 7.47. The Morgan fingerprint density at radius 2 is 1.96 bits per heavy atom. The van der Waals surface area contributed by atoms with Gasteiger partial charge in [0.25, 0.3) is 0 Å². The third kappa shape index (κ3) is 5.47. The summed E-state index contributed by atoms with van der Waals surface area (Å²) < 4.78 is 0. The van der Waals surface area contributed by atoms with E-state index >= 15 is 0 Å². The lowest BCUT2D eigenvalue weighted by atomic mass is 9.67. The van der Waals surface area contributed by atoms with Crippen molar-refractivity contribution in [2.45, 2.75) is 58.9 Å². The molecule has 26 heavy (non-hydrogen) atoms. The van der Waals surface area contributed by atoms with E-state index < -0.39 is 0 Å². The van der Waals surface area contributed by atoms with Crippen LogP contribution in [0.25, 0.3) is 0 Å². The maximum absolute atomic E-state index is 4.80. The quantitative estimate of drug-likeness (QED) is 0.360. The molecular formula is C20H34IN5. The van der Waals surface area contributed by atoms with Gasteiger partial charge in [-0.25, -0.2) is 9.98 Å². The Morgan fingerprint density at radius 3 is 2.58 bits per heavy atom. The monoisotopic (exact) mass is 471 g/mol. The van der Waals surface area contributed by atoms with Gasteiger partial charge in [0.2, 0.25) is 0 Å². The van der Waals surface area contributed by atoms with E-state index in [4.69, 9.17) is 4.99 Å². The Kier molecular flexibility index (Phi) is 8.44. The molecule has 0 spiro atoms. The highest BCUT2D eigenvalue weighted by Crippen LogP contribution is 2.42. The molecule has 1 aliphatic carbocycles. The number of hydrogen-bond acceptors (Lipinski definition) is 3. The molecular weight excluding hydrogens is 437 g/mol. The molecule has 0 unspecified atom stereocenters. The fourth-order valence-electron chi connectivity index (χ4n) is 3.79. The van der Waals surface area contributed by atoms with Crippen LogP contribution in [0.1, 0.15) is 57.9 Å². The van der Waals surface area contributed by atoms with Crippen LogP contribution in [-0.2, 0) is 6.54 Å². The zero-order valence-electron chi connectivity index (χ0n) is 16.3. The lowest BCUT2D eigenvalue weighted by Crippen LogP contribution is -2.46. The van der Waals surface area contributed by atoms with Crippen LogP contribution in [0.15, 0.2) is 23.3 Å². The molecule has 2 fully saturated rings. The molecule has 0 radical (unpaired) electrons. The molecule has 3 rings (SSSR count). The van der Waals surface area contributed by atoms with Gasteiger partial charge in [-0.15, -0.1) is 24.0 Å². The maximum atomic E-state index is 4.80. The highest BCUT2D eigenvalue weighted by Gasteiger charge is 2.34. The highest BCUT2D eigenvalue weighted by molar-refractivity contribution is 14.0. The number of nitrogens with zero attached hydrogens (tertiary/aromatic N) is 3. The summed E-state index contributed by atoms with van der Waals surface area (Å²) in [5.74, 6) is 2.03. The minimum Gasteiger partial charge on any atom is -0.357 e. The van der Waals surface area contributed by atoms with E-state index in [1.165, 1.54) is 44.1 Å². The second kappa shape index (κ2) is 10.3. The van der Waals surface area contributed by atoms with Gasteiger partial charge in [0.1, 0.15) is 5.82 Å². The fourth-order valence-corrected chi connectivity index (χ4v) is 3.79. The topological polar surface area (TPSA) is 52.6 Å². The minimum absolute atomic E-state index is 0. The first-order valence-corrected chi connectivity index (χ1v) is 9.97. The average Bonchev–Trinajstić information content (AvgIpc) is 3.14. The summed E-state index contributed by atoms with van der Waals surface area (Å²) in [5.41, 5.74) is 1.72. The summed E-state index contributed by atoms with van der Waals surface area (Å²) in [7, 11) is 0. The van der Waals surface area contributed by atoms with Crippen LogP contribution in [0.5, 0.6) is 0 Å². The van der Waals surface area contributed by atoms with Crippen molar-refractivity contribution in [2.24, 2.45) is 10.4 Å². The van der Waals surface area contributed by atoms with Crippen molar-refractivity contribution in [1.82, 2.24) is 15.6 Å². The maximum Gasteiger partial charge on any atom is 0.191 e. The van der Waals surface area contributed by atoms with E-state index in [-0.39, 0.29) is 24.0 Å². The number of anilines is 1. The number of rotatable bonds is 7. The van der Waals surface area contributed by atoms with Crippen molar-refractivity contribution in [3.05, 3.63) is 23.9 Å². The van der Waals surface area contributed by atoms with Crippen LogP contribution < -0.4 is 15.5 Å². The first-order chi connectivity index (χ1) is 12.2. The normalized spacial score (nSPS) is 18.8. The zero-order chi connectivity index (χ0) is 17.5. The van der Waals surface area contributed by atoms with Crippen LogP contribution in [0.3, 0.4) is 0 Å². The molecule has 5 nitrogen and oxygen atoms in total. The van der Waals surface area contributed by atoms with E-state index in [2.05, 4.69) is 46.5 Å². The predicted octanol–water partition coefficient (Wildman–Crippen LogP) is 3.94. The van der Waals surface area contributed by atoms with Crippen LogP contribution in [0.2, 0.25) is 0 Å². The summed E-state index contributed by atoms with van der Waals surface area (Å²) >= 11 is 0. The van der Waals surface area contributed by atoms with Crippen LogP contribution in [-0.4, -0.2) is 37.1 Å². The Balaban J connectivity index is 0.00000243. The molecule has 6 heteroatoms. The van der Waals surface area contributed by atoms with Gasteiger partial charge in [0.15, 0.2) is 5.96 Å². The minimum atomic E-state index is 0. The number of aromatic nitrogens is 1. The van der Waals surface area contributed by atoms with Gasteiger partial charge in [-0.2, -0.15) is 0 Å². The van der Waals surface area contributed by atoms with Gasteiger partial charge in [0, 0.05) is 32.4 Å². The van der Waals surface area contributed by atoms with Gasteiger partial charge in [-0.05, 0) is 62.1 Å². The first-order valence-electron chi connectivity index (χ1n) is 9.97. The Bertz CT molecular complexity index is 574. The molecule has 0 amide bonds. The molecule has 2 aliphatic rings. The van der Waals surface area contributed by atoms with Crippen molar-refractivity contribution in [1.29, 1.82) is 0 Å². The third-order valence-corrected chi connectivity index (χ3v) is 5.80. The van der Waals surface area contributed by atoms with E-state index in [0.717, 1.165) is 38.0 Å². The van der Waals surface area contributed by atoms with Gasteiger partial charge in [0.05, 0.1) is 6.54 Å². The molecule has 1 aromatic rings. The molecule has 0 aromatic carbocycles. The molecule has 1 saturated heterocycles. The largest absolute Gasteiger partial charge is 0.357 e. The van der Waals surface area contributed by atoms with E-state index in [0.29, 0.717) is 12.0 Å². The Hall–Kier alpha value is -1.05. The molecule has 0 bridgehead atoms.